The molecular weight excluding hydrogens is 386 g/mol. The Morgan fingerprint density at radius 2 is 1.93 bits per heavy atom. The number of benzene rings is 1. The maximum Gasteiger partial charge on any atom is 0.338 e. The van der Waals surface area contributed by atoms with Gasteiger partial charge in [-0.2, -0.15) is 0 Å². The van der Waals surface area contributed by atoms with E-state index in [4.69, 9.17) is 4.74 Å². The molecule has 1 heterocycles. The first-order valence-corrected chi connectivity index (χ1v) is 10.8. The van der Waals surface area contributed by atoms with Crippen LogP contribution in [-0.4, -0.2) is 54.5 Å². The fourth-order valence-corrected chi connectivity index (χ4v) is 4.46. The molecule has 0 N–H and O–H groups in total. The number of carbonyl (C=O) groups is 2. The number of nitrogens with zero attached hydrogens (tertiary/aromatic N) is 3. The van der Waals surface area contributed by atoms with Gasteiger partial charge in [-0.05, 0) is 43.7 Å². The number of ether oxygens (including phenoxy) is 1. The highest BCUT2D eigenvalue weighted by Gasteiger charge is 2.26. The van der Waals surface area contributed by atoms with Crippen LogP contribution in [0.25, 0.3) is 0 Å². The van der Waals surface area contributed by atoms with Crippen LogP contribution in [0.1, 0.15) is 62.2 Å². The number of amides is 1. The molecule has 1 aliphatic heterocycles. The average molecular weight is 418 g/mol. The van der Waals surface area contributed by atoms with Crippen LogP contribution >= 0.6 is 0 Å². The Balaban J connectivity index is 1.64. The minimum Gasteiger partial charge on any atom is -0.452 e. The van der Waals surface area contributed by atoms with Crippen molar-refractivity contribution in [2.24, 2.45) is 5.92 Å². The number of carbonyl (C=O) groups excluding carboxylic acids is 2. The van der Waals surface area contributed by atoms with E-state index >= 15 is 0 Å². The van der Waals surface area contributed by atoms with E-state index < -0.39 is 10.9 Å². The highest BCUT2D eigenvalue weighted by molar-refractivity contribution is 5.93. The third-order valence-corrected chi connectivity index (χ3v) is 6.25. The molecule has 2 aliphatic rings. The summed E-state index contributed by atoms with van der Waals surface area (Å²) in [5.41, 5.74) is 0.504. The second kappa shape index (κ2) is 9.91. The van der Waals surface area contributed by atoms with Crippen LogP contribution in [0.15, 0.2) is 18.2 Å². The number of nitro groups is 1. The van der Waals surface area contributed by atoms with Crippen molar-refractivity contribution in [3.63, 3.8) is 0 Å². The molecule has 1 amide bonds. The van der Waals surface area contributed by atoms with Crippen molar-refractivity contribution in [1.82, 2.24) is 4.90 Å². The van der Waals surface area contributed by atoms with Gasteiger partial charge in [0.15, 0.2) is 6.61 Å². The largest absolute Gasteiger partial charge is 0.452 e. The molecule has 1 aromatic carbocycles. The molecule has 0 radical (unpaired) electrons. The number of esters is 1. The van der Waals surface area contributed by atoms with Crippen molar-refractivity contribution in [2.75, 3.05) is 31.6 Å². The van der Waals surface area contributed by atoms with Gasteiger partial charge in [0.1, 0.15) is 5.69 Å². The van der Waals surface area contributed by atoms with Gasteiger partial charge >= 0.3 is 5.97 Å². The summed E-state index contributed by atoms with van der Waals surface area (Å²) in [5, 5.41) is 11.6. The lowest BCUT2D eigenvalue weighted by Gasteiger charge is -2.32. The lowest BCUT2D eigenvalue weighted by Crippen LogP contribution is -2.40. The molecule has 8 nitrogen and oxygen atoms in total. The standard InChI is InChI=1S/C22H31N3O5/c1-16-7-6-12-24(14-16)19-11-10-17(13-20(19)25(28)29)22(27)30-15-21(26)23(2)18-8-4-3-5-9-18/h10-11,13,16,18H,3-9,12,14-15H2,1-2H3/t16-/m1/s1. The van der Waals surface area contributed by atoms with Gasteiger partial charge in [0.25, 0.3) is 11.6 Å². The molecule has 1 saturated carbocycles. The number of rotatable bonds is 6. The number of likely N-dealkylation sites (N-methyl/N-ethyl adjacent to an activating group) is 1. The first-order chi connectivity index (χ1) is 14.4. The Morgan fingerprint density at radius 1 is 1.20 bits per heavy atom. The maximum absolute atomic E-state index is 12.4. The zero-order valence-corrected chi connectivity index (χ0v) is 17.8. The van der Waals surface area contributed by atoms with Gasteiger partial charge < -0.3 is 14.5 Å². The van der Waals surface area contributed by atoms with Gasteiger partial charge in [0.05, 0.1) is 10.5 Å². The summed E-state index contributed by atoms with van der Waals surface area (Å²) in [5.74, 6) is -0.499. The van der Waals surface area contributed by atoms with E-state index in [9.17, 15) is 19.7 Å². The predicted octanol–water partition coefficient (Wildman–Crippen LogP) is 3.78. The van der Waals surface area contributed by atoms with E-state index in [1.165, 1.54) is 12.5 Å². The van der Waals surface area contributed by atoms with Crippen LogP contribution < -0.4 is 4.90 Å². The maximum atomic E-state index is 12.4. The second-order valence-electron chi connectivity index (χ2n) is 8.53. The molecule has 8 heteroatoms. The van der Waals surface area contributed by atoms with Gasteiger partial charge in [0, 0.05) is 32.2 Å². The van der Waals surface area contributed by atoms with Gasteiger partial charge in [-0.15, -0.1) is 0 Å². The van der Waals surface area contributed by atoms with Gasteiger partial charge in [-0.25, -0.2) is 4.79 Å². The van der Waals surface area contributed by atoms with E-state index in [-0.39, 0.29) is 29.8 Å². The Bertz CT molecular complexity index is 791. The Kier molecular flexibility index (Phi) is 7.29. The smallest absolute Gasteiger partial charge is 0.338 e. The summed E-state index contributed by atoms with van der Waals surface area (Å²) in [6.45, 7) is 3.29. The lowest BCUT2D eigenvalue weighted by atomic mass is 9.94. The summed E-state index contributed by atoms with van der Waals surface area (Å²) in [7, 11) is 1.74. The molecule has 1 aliphatic carbocycles. The quantitative estimate of drug-likeness (QED) is 0.397. The molecule has 0 unspecified atom stereocenters. The van der Waals surface area contributed by atoms with Crippen molar-refractivity contribution >= 4 is 23.3 Å². The van der Waals surface area contributed by atoms with Crippen molar-refractivity contribution in [3.05, 3.63) is 33.9 Å². The van der Waals surface area contributed by atoms with E-state index in [0.29, 0.717) is 11.6 Å². The highest BCUT2D eigenvalue weighted by atomic mass is 16.6. The molecule has 30 heavy (non-hydrogen) atoms. The summed E-state index contributed by atoms with van der Waals surface area (Å²) >= 11 is 0. The zero-order valence-electron chi connectivity index (χ0n) is 17.8. The second-order valence-corrected chi connectivity index (χ2v) is 8.53. The van der Waals surface area contributed by atoms with Gasteiger partial charge in [-0.3, -0.25) is 14.9 Å². The van der Waals surface area contributed by atoms with Crippen LogP contribution in [0.5, 0.6) is 0 Å². The van der Waals surface area contributed by atoms with Gasteiger partial charge in [0.2, 0.25) is 0 Å². The van der Waals surface area contributed by atoms with Crippen LogP contribution in [0.2, 0.25) is 0 Å². The van der Waals surface area contributed by atoms with Crippen LogP contribution in [0, 0.1) is 16.0 Å². The minimum atomic E-state index is -0.720. The van der Waals surface area contributed by atoms with Crippen molar-refractivity contribution in [2.45, 2.75) is 57.9 Å². The van der Waals surface area contributed by atoms with Crippen molar-refractivity contribution in [1.29, 1.82) is 0 Å². The summed E-state index contributed by atoms with van der Waals surface area (Å²) in [6.07, 6.45) is 7.44. The zero-order chi connectivity index (χ0) is 21.7. The first kappa shape index (κ1) is 22.1. The number of anilines is 1. The third-order valence-electron chi connectivity index (χ3n) is 6.25. The lowest BCUT2D eigenvalue weighted by molar-refractivity contribution is -0.384. The van der Waals surface area contributed by atoms with E-state index in [2.05, 4.69) is 6.92 Å². The Hall–Kier alpha value is -2.64. The van der Waals surface area contributed by atoms with E-state index in [1.807, 2.05) is 4.90 Å². The molecule has 0 bridgehead atoms. The predicted molar refractivity (Wildman–Crippen MR) is 114 cm³/mol. The number of hydrogen-bond donors (Lipinski definition) is 0. The van der Waals surface area contributed by atoms with Crippen LogP contribution in [-0.2, 0) is 9.53 Å². The van der Waals surface area contributed by atoms with Gasteiger partial charge in [-0.1, -0.05) is 26.2 Å². The molecule has 2 fully saturated rings. The molecule has 1 saturated heterocycles. The summed E-state index contributed by atoms with van der Waals surface area (Å²) in [6, 6.07) is 4.60. The Labute approximate surface area is 177 Å². The average Bonchev–Trinajstić information content (AvgIpc) is 2.76. The number of hydrogen-bond acceptors (Lipinski definition) is 6. The number of nitro benzene ring substituents is 1. The minimum absolute atomic E-state index is 0.0867. The molecule has 3 rings (SSSR count). The molecule has 0 aromatic heterocycles. The van der Waals surface area contributed by atoms with Crippen molar-refractivity contribution in [3.8, 4) is 0 Å². The fraction of sp³-hybridized carbons (Fsp3) is 0.636. The van der Waals surface area contributed by atoms with E-state index in [1.54, 1.807) is 24.1 Å². The SMILES string of the molecule is C[C@@H]1CCCN(c2ccc(C(=O)OCC(=O)N(C)C3CCCCC3)cc2[N+](=O)[O-])C1. The highest BCUT2D eigenvalue weighted by Crippen LogP contribution is 2.32. The normalized spacial score (nSPS) is 19.9. The molecule has 1 aromatic rings. The molecule has 164 valence electrons. The van der Waals surface area contributed by atoms with Crippen molar-refractivity contribution < 1.29 is 19.2 Å². The Morgan fingerprint density at radius 3 is 2.60 bits per heavy atom. The molecule has 0 spiro atoms. The molecular formula is C22H31N3O5. The van der Waals surface area contributed by atoms with E-state index in [0.717, 1.165) is 51.6 Å². The monoisotopic (exact) mass is 417 g/mol. The van der Waals surface area contributed by atoms with Crippen LogP contribution in [0.3, 0.4) is 0 Å². The number of piperidine rings is 1. The third kappa shape index (κ3) is 5.29. The molecule has 1 atom stereocenters. The topological polar surface area (TPSA) is 93.0 Å². The first-order valence-electron chi connectivity index (χ1n) is 10.8. The fourth-order valence-electron chi connectivity index (χ4n) is 4.46. The summed E-state index contributed by atoms with van der Waals surface area (Å²) < 4.78 is 5.17. The summed E-state index contributed by atoms with van der Waals surface area (Å²) in [4.78, 5) is 39.6. The van der Waals surface area contributed by atoms with Crippen LogP contribution in [0.4, 0.5) is 11.4 Å².